The van der Waals surface area contributed by atoms with Gasteiger partial charge in [0.05, 0.1) is 0 Å². The third kappa shape index (κ3) is 3.75. The highest BCUT2D eigenvalue weighted by molar-refractivity contribution is 5.16. The molecule has 118 valence electrons. The van der Waals surface area contributed by atoms with Crippen molar-refractivity contribution >= 4 is 0 Å². The Morgan fingerprint density at radius 2 is 1.76 bits per heavy atom. The zero-order chi connectivity index (χ0) is 15.5. The van der Waals surface area contributed by atoms with Crippen molar-refractivity contribution in [3.05, 3.63) is 35.9 Å². The number of nitrogens with two attached hydrogens (primary N) is 1. The first-order valence-electron chi connectivity index (χ1n) is 7.13. The second-order valence-corrected chi connectivity index (χ2v) is 5.64. The molecular formula is C15H21F3N2O. The van der Waals surface area contributed by atoms with Crippen molar-refractivity contribution in [1.82, 2.24) is 4.90 Å². The average molecular weight is 302 g/mol. The lowest BCUT2D eigenvalue weighted by Crippen LogP contribution is -2.56. The van der Waals surface area contributed by atoms with E-state index in [0.29, 0.717) is 13.0 Å². The van der Waals surface area contributed by atoms with Gasteiger partial charge in [0.15, 0.2) is 5.60 Å². The molecule has 1 aromatic rings. The Kier molecular flexibility index (Phi) is 4.91. The molecule has 0 saturated carbocycles. The van der Waals surface area contributed by atoms with Crippen molar-refractivity contribution in [2.75, 3.05) is 19.6 Å². The van der Waals surface area contributed by atoms with Gasteiger partial charge in [0.2, 0.25) is 0 Å². The highest BCUT2D eigenvalue weighted by Gasteiger charge is 2.54. The molecule has 1 aliphatic heterocycles. The Balaban J connectivity index is 1.97. The molecule has 1 fully saturated rings. The fraction of sp³-hybridized carbons (Fsp3) is 0.600. The number of likely N-dealkylation sites (tertiary alicyclic amines) is 1. The van der Waals surface area contributed by atoms with Crippen LogP contribution < -0.4 is 5.73 Å². The van der Waals surface area contributed by atoms with Gasteiger partial charge >= 0.3 is 6.18 Å². The maximum Gasteiger partial charge on any atom is 0.417 e. The Morgan fingerprint density at radius 1 is 1.19 bits per heavy atom. The molecule has 2 rings (SSSR count). The van der Waals surface area contributed by atoms with Gasteiger partial charge in [-0.25, -0.2) is 0 Å². The third-order valence-electron chi connectivity index (χ3n) is 4.26. The monoisotopic (exact) mass is 302 g/mol. The number of rotatable bonds is 4. The number of benzene rings is 1. The molecule has 3 nitrogen and oxygen atoms in total. The van der Waals surface area contributed by atoms with E-state index in [2.05, 4.69) is 0 Å². The summed E-state index contributed by atoms with van der Waals surface area (Å²) in [4.78, 5) is 1.95. The topological polar surface area (TPSA) is 49.5 Å². The second kappa shape index (κ2) is 6.34. The van der Waals surface area contributed by atoms with E-state index >= 15 is 0 Å². The summed E-state index contributed by atoms with van der Waals surface area (Å²) in [7, 11) is 0. The molecule has 1 heterocycles. The Bertz CT molecular complexity index is 442. The third-order valence-corrected chi connectivity index (χ3v) is 4.26. The molecule has 0 aliphatic carbocycles. The molecule has 21 heavy (non-hydrogen) atoms. The number of nitrogens with zero attached hydrogens (tertiary/aromatic N) is 1. The molecule has 0 bridgehead atoms. The number of aliphatic hydroxyl groups is 1. The summed E-state index contributed by atoms with van der Waals surface area (Å²) in [5.74, 6) is 0. The van der Waals surface area contributed by atoms with E-state index in [1.54, 1.807) is 0 Å². The molecule has 0 aromatic heterocycles. The fourth-order valence-corrected chi connectivity index (χ4v) is 2.79. The summed E-state index contributed by atoms with van der Waals surface area (Å²) in [6, 6.07) is 9.76. The average Bonchev–Trinajstić information content (AvgIpc) is 2.46. The van der Waals surface area contributed by atoms with Gasteiger partial charge in [-0.2, -0.15) is 13.2 Å². The SMILES string of the molecule is NC[C@@H](Cc1ccccc1)N1CCC(O)(C(F)(F)F)CC1. The lowest BCUT2D eigenvalue weighted by atomic mass is 9.89. The van der Waals surface area contributed by atoms with Crippen LogP contribution in [0.4, 0.5) is 13.2 Å². The van der Waals surface area contributed by atoms with E-state index in [1.807, 2.05) is 35.2 Å². The molecule has 0 unspecified atom stereocenters. The molecule has 1 atom stereocenters. The summed E-state index contributed by atoms with van der Waals surface area (Å²) < 4.78 is 38.4. The molecule has 1 aromatic carbocycles. The van der Waals surface area contributed by atoms with E-state index in [0.717, 1.165) is 5.56 Å². The molecule has 0 spiro atoms. The Hall–Kier alpha value is -1.11. The van der Waals surface area contributed by atoms with Gasteiger partial charge in [0.25, 0.3) is 0 Å². The molecule has 6 heteroatoms. The molecule has 0 amide bonds. The van der Waals surface area contributed by atoms with Crippen molar-refractivity contribution in [3.8, 4) is 0 Å². The number of halogens is 3. The first-order valence-corrected chi connectivity index (χ1v) is 7.13. The minimum Gasteiger partial charge on any atom is -0.380 e. The summed E-state index contributed by atoms with van der Waals surface area (Å²) in [6.07, 6.45) is -4.43. The highest BCUT2D eigenvalue weighted by Crippen LogP contribution is 2.38. The second-order valence-electron chi connectivity index (χ2n) is 5.64. The van der Waals surface area contributed by atoms with Crippen molar-refractivity contribution in [1.29, 1.82) is 0 Å². The number of piperidine rings is 1. The molecule has 0 radical (unpaired) electrons. The van der Waals surface area contributed by atoms with Crippen LogP contribution >= 0.6 is 0 Å². The minimum atomic E-state index is -4.56. The Morgan fingerprint density at radius 3 is 2.24 bits per heavy atom. The zero-order valence-corrected chi connectivity index (χ0v) is 11.8. The standard InChI is InChI=1S/C15H21F3N2O/c16-15(17,18)14(21)6-8-20(9-7-14)13(11-19)10-12-4-2-1-3-5-12/h1-5,13,21H,6-11,19H2/t13-/m1/s1. The van der Waals surface area contributed by atoms with Gasteiger partial charge in [-0.05, 0) is 24.8 Å². The first-order chi connectivity index (χ1) is 9.86. The largest absolute Gasteiger partial charge is 0.417 e. The lowest BCUT2D eigenvalue weighted by Gasteiger charge is -2.42. The van der Waals surface area contributed by atoms with E-state index < -0.39 is 11.8 Å². The van der Waals surface area contributed by atoms with Crippen LogP contribution in [-0.4, -0.2) is 47.5 Å². The smallest absolute Gasteiger partial charge is 0.380 e. The van der Waals surface area contributed by atoms with E-state index in [9.17, 15) is 18.3 Å². The molecular weight excluding hydrogens is 281 g/mol. The summed E-state index contributed by atoms with van der Waals surface area (Å²) >= 11 is 0. The van der Waals surface area contributed by atoms with Crippen LogP contribution in [0, 0.1) is 0 Å². The van der Waals surface area contributed by atoms with Crippen LogP contribution in [0.15, 0.2) is 30.3 Å². The van der Waals surface area contributed by atoms with Crippen molar-refractivity contribution < 1.29 is 18.3 Å². The van der Waals surface area contributed by atoms with Gasteiger partial charge < -0.3 is 10.8 Å². The quantitative estimate of drug-likeness (QED) is 0.894. The van der Waals surface area contributed by atoms with Gasteiger partial charge in [-0.3, -0.25) is 4.90 Å². The first kappa shape index (κ1) is 16.3. The molecule has 1 aliphatic rings. The van der Waals surface area contributed by atoms with Gasteiger partial charge in [-0.1, -0.05) is 30.3 Å². The van der Waals surface area contributed by atoms with Crippen LogP contribution in [-0.2, 0) is 6.42 Å². The lowest BCUT2D eigenvalue weighted by molar-refractivity contribution is -0.273. The predicted octanol–water partition coefficient (Wildman–Crippen LogP) is 1.95. The zero-order valence-electron chi connectivity index (χ0n) is 11.8. The summed E-state index contributed by atoms with van der Waals surface area (Å²) in [5, 5.41) is 9.69. The maximum absolute atomic E-state index is 12.8. The van der Waals surface area contributed by atoms with Crippen LogP contribution in [0.25, 0.3) is 0 Å². The predicted molar refractivity (Wildman–Crippen MR) is 74.8 cm³/mol. The normalized spacial score (nSPS) is 21.2. The van der Waals surface area contributed by atoms with Crippen LogP contribution in [0.1, 0.15) is 18.4 Å². The van der Waals surface area contributed by atoms with Crippen LogP contribution in [0.2, 0.25) is 0 Å². The van der Waals surface area contributed by atoms with Crippen LogP contribution in [0.5, 0.6) is 0 Å². The van der Waals surface area contributed by atoms with E-state index in [4.69, 9.17) is 5.73 Å². The highest BCUT2D eigenvalue weighted by atomic mass is 19.4. The van der Waals surface area contributed by atoms with E-state index in [-0.39, 0.29) is 32.0 Å². The number of hydrogen-bond donors (Lipinski definition) is 2. The van der Waals surface area contributed by atoms with Gasteiger partial charge in [0, 0.05) is 25.7 Å². The minimum absolute atomic E-state index is 0.00480. The van der Waals surface area contributed by atoms with Crippen LogP contribution in [0.3, 0.4) is 0 Å². The van der Waals surface area contributed by atoms with Gasteiger partial charge in [-0.15, -0.1) is 0 Å². The summed E-state index contributed by atoms with van der Waals surface area (Å²) in [6.45, 7) is 0.814. The number of hydrogen-bond acceptors (Lipinski definition) is 3. The van der Waals surface area contributed by atoms with Crippen molar-refractivity contribution in [2.45, 2.75) is 37.1 Å². The number of alkyl halides is 3. The summed E-state index contributed by atoms with van der Waals surface area (Å²) in [5.41, 5.74) is 4.35. The Labute approximate surface area is 122 Å². The molecule has 1 saturated heterocycles. The fourth-order valence-electron chi connectivity index (χ4n) is 2.79. The van der Waals surface area contributed by atoms with E-state index in [1.165, 1.54) is 0 Å². The molecule has 3 N–H and O–H groups in total. The van der Waals surface area contributed by atoms with Crippen molar-refractivity contribution in [2.24, 2.45) is 5.73 Å². The van der Waals surface area contributed by atoms with Crippen molar-refractivity contribution in [3.63, 3.8) is 0 Å². The maximum atomic E-state index is 12.8. The van der Waals surface area contributed by atoms with Gasteiger partial charge in [0.1, 0.15) is 0 Å².